The van der Waals surface area contributed by atoms with E-state index in [1.54, 1.807) is 0 Å². The molecule has 0 bridgehead atoms. The zero-order valence-electron chi connectivity index (χ0n) is 32.3. The van der Waals surface area contributed by atoms with Crippen LogP contribution in [0.4, 0.5) is 8.78 Å². The highest BCUT2D eigenvalue weighted by molar-refractivity contribution is 6.90. The summed E-state index contributed by atoms with van der Waals surface area (Å²) in [7, 11) is -4.49. The molecule has 1 N–H and O–H groups in total. The number of hydrogen-bond donors (Lipinski definition) is 1. The molecule has 0 saturated heterocycles. The summed E-state index contributed by atoms with van der Waals surface area (Å²) >= 11 is 0. The van der Waals surface area contributed by atoms with E-state index >= 15 is 8.78 Å². The van der Waals surface area contributed by atoms with Crippen molar-refractivity contribution in [1.29, 1.82) is 0 Å². The summed E-state index contributed by atoms with van der Waals surface area (Å²) in [6, 6.07) is 8.33. The Balaban J connectivity index is 1.61. The van der Waals surface area contributed by atoms with Crippen LogP contribution < -0.4 is 4.43 Å². The van der Waals surface area contributed by atoms with Gasteiger partial charge in [0.1, 0.15) is 19.4 Å². The van der Waals surface area contributed by atoms with E-state index in [9.17, 15) is 9.90 Å². The molecule has 4 aliphatic rings. The second-order valence-corrected chi connectivity index (χ2v) is 28.9. The maximum absolute atomic E-state index is 16.9. The Bertz CT molecular complexity index is 1550. The van der Waals surface area contributed by atoms with Crippen molar-refractivity contribution in [2.45, 2.75) is 166 Å². The van der Waals surface area contributed by atoms with Crippen molar-refractivity contribution in [3.8, 4) is 17.2 Å². The van der Waals surface area contributed by atoms with Gasteiger partial charge in [0.2, 0.25) is 8.32 Å². The highest BCUT2D eigenvalue weighted by Crippen LogP contribution is 2.69. The van der Waals surface area contributed by atoms with Crippen LogP contribution in [0.3, 0.4) is 0 Å². The Labute approximate surface area is 297 Å². The van der Waals surface area contributed by atoms with Crippen LogP contribution in [0.15, 0.2) is 47.1 Å². The normalized spacial score (nSPS) is 29.4. The van der Waals surface area contributed by atoms with Crippen LogP contribution in [-0.4, -0.2) is 38.8 Å². The lowest BCUT2D eigenvalue weighted by molar-refractivity contribution is -0.209. The molecule has 49 heavy (non-hydrogen) atoms. The lowest BCUT2D eigenvalue weighted by atomic mass is 9.50. The van der Waals surface area contributed by atoms with Gasteiger partial charge < -0.3 is 9.53 Å². The number of aliphatic hydroxyl groups is 1. The van der Waals surface area contributed by atoms with Crippen molar-refractivity contribution < 1.29 is 23.1 Å². The number of hydrogen-bond acceptors (Lipinski definition) is 3. The van der Waals surface area contributed by atoms with Gasteiger partial charge >= 0.3 is 5.92 Å². The molecule has 0 aromatic heterocycles. The van der Waals surface area contributed by atoms with E-state index in [4.69, 9.17) is 4.43 Å². The van der Waals surface area contributed by atoms with Crippen molar-refractivity contribution in [3.63, 3.8) is 0 Å². The van der Waals surface area contributed by atoms with Gasteiger partial charge in [-0.1, -0.05) is 86.9 Å². The Morgan fingerprint density at radius 1 is 0.939 bits per heavy atom. The van der Waals surface area contributed by atoms with Crippen molar-refractivity contribution in [2.75, 3.05) is 0 Å². The van der Waals surface area contributed by atoms with Gasteiger partial charge in [0.05, 0.1) is 0 Å². The number of rotatable bonds is 7. The largest absolute Gasteiger partial charge is 0.544 e. The zero-order chi connectivity index (χ0) is 36.5. The maximum Gasteiger partial charge on any atom is 0.336 e. The van der Waals surface area contributed by atoms with E-state index in [0.29, 0.717) is 25.7 Å². The van der Waals surface area contributed by atoms with E-state index in [1.807, 2.05) is 25.1 Å². The van der Waals surface area contributed by atoms with Gasteiger partial charge in [-0.2, -0.15) is 8.78 Å². The van der Waals surface area contributed by atoms with Crippen LogP contribution in [0.5, 0.6) is 5.75 Å². The molecule has 1 aromatic rings. The predicted octanol–water partition coefficient (Wildman–Crippen LogP) is 11.6. The first-order valence-corrected chi connectivity index (χ1v) is 24.1. The summed E-state index contributed by atoms with van der Waals surface area (Å²) in [6.45, 7) is 25.9. The first kappa shape index (κ1) is 38.2. The SMILES string of the molecule is CC(C)[Si](C#CC(F)(F)[C@]1(O)CC[C@H]2[C@@H]3CCC4=CC(=O)CCC4=C3[C@@H](c3ccc(O[Si](C)(C)C(C)(C)C)cc3)C[C@@]21C)(C(C)C)C(C)C. The maximum atomic E-state index is 16.9. The lowest BCUT2D eigenvalue weighted by Crippen LogP contribution is -2.60. The Morgan fingerprint density at radius 3 is 2.08 bits per heavy atom. The molecule has 4 aliphatic carbocycles. The minimum atomic E-state index is -3.54. The molecule has 5 atom stereocenters. The molecule has 0 unspecified atom stereocenters. The van der Waals surface area contributed by atoms with Crippen molar-refractivity contribution in [1.82, 2.24) is 0 Å². The monoisotopic (exact) mass is 708 g/mol. The third kappa shape index (κ3) is 6.18. The molecule has 5 rings (SSSR count). The summed E-state index contributed by atoms with van der Waals surface area (Å²) in [4.78, 5) is 12.5. The van der Waals surface area contributed by atoms with Crippen LogP contribution >= 0.6 is 0 Å². The molecule has 0 radical (unpaired) electrons. The fourth-order valence-corrected chi connectivity index (χ4v) is 16.7. The molecule has 0 heterocycles. The molecule has 0 amide bonds. The van der Waals surface area contributed by atoms with Gasteiger partial charge in [-0.15, -0.1) is 5.54 Å². The second-order valence-electron chi connectivity index (χ2n) is 18.5. The molecule has 7 heteroatoms. The fourth-order valence-electron chi connectivity index (χ4n) is 10.4. The van der Waals surface area contributed by atoms with E-state index in [0.717, 1.165) is 29.7 Å². The molecule has 0 spiro atoms. The standard InChI is InChI=1S/C42H62F2O3Si2/c1-27(2)49(28(3)4,29(5)6)24-23-42(43,44)41(46)22-21-37-35-19-15-31-25-32(45)16-20-34(31)38(35)36(26-40(37,41)10)30-13-17-33(18-14-30)47-48(11,12)39(7,8)9/h13-14,17-18,25,27-29,35-37,46H,15-16,19-22,26H2,1-12H3/t35-,36+,37-,40-,41-/m0/s1. The zero-order valence-corrected chi connectivity index (χ0v) is 34.3. The highest BCUT2D eigenvalue weighted by Gasteiger charge is 2.71. The molecule has 2 saturated carbocycles. The minimum absolute atomic E-state index is 0.0434. The number of benzene rings is 1. The molecule has 1 aromatic carbocycles. The number of carbonyl (C=O) groups is 1. The average molecular weight is 709 g/mol. The lowest BCUT2D eigenvalue weighted by Gasteiger charge is -2.55. The number of alkyl halides is 2. The van der Waals surface area contributed by atoms with Gasteiger partial charge in [0.25, 0.3) is 0 Å². The molecule has 3 nitrogen and oxygen atoms in total. The van der Waals surface area contributed by atoms with Crippen LogP contribution in [0.2, 0.25) is 34.8 Å². The Hall–Kier alpha value is -2.02. The molecule has 270 valence electrons. The van der Waals surface area contributed by atoms with Gasteiger partial charge in [0.15, 0.2) is 5.78 Å². The third-order valence-corrected chi connectivity index (χ3v) is 24.8. The van der Waals surface area contributed by atoms with Crippen LogP contribution in [0.1, 0.15) is 126 Å². The van der Waals surface area contributed by atoms with Crippen LogP contribution in [-0.2, 0) is 4.79 Å². The third-order valence-electron chi connectivity index (χ3n) is 14.2. The van der Waals surface area contributed by atoms with E-state index < -0.39 is 33.3 Å². The summed E-state index contributed by atoms with van der Waals surface area (Å²) in [5, 5.41) is 12.6. The van der Waals surface area contributed by atoms with E-state index in [2.05, 4.69) is 99.0 Å². The van der Waals surface area contributed by atoms with Gasteiger partial charge in [0, 0.05) is 17.8 Å². The van der Waals surface area contributed by atoms with Crippen molar-refractivity contribution in [3.05, 3.63) is 52.6 Å². The molecular weight excluding hydrogens is 647 g/mol. The highest BCUT2D eigenvalue weighted by atomic mass is 28.4. The number of halogens is 2. The van der Waals surface area contributed by atoms with Crippen molar-refractivity contribution in [2.24, 2.45) is 17.3 Å². The average Bonchev–Trinajstić information content (AvgIpc) is 3.27. The second kappa shape index (κ2) is 12.9. The van der Waals surface area contributed by atoms with Crippen LogP contribution in [0, 0.1) is 28.7 Å². The first-order chi connectivity index (χ1) is 22.5. The summed E-state index contributed by atoms with van der Waals surface area (Å²) < 4.78 is 40.5. The van der Waals surface area contributed by atoms with Crippen LogP contribution in [0.25, 0.3) is 0 Å². The van der Waals surface area contributed by atoms with Gasteiger partial charge in [-0.3, -0.25) is 4.79 Å². The summed E-state index contributed by atoms with van der Waals surface area (Å²) in [5.41, 5.74) is 5.49. The van der Waals surface area contributed by atoms with Crippen molar-refractivity contribution >= 4 is 22.2 Å². The Kier molecular flexibility index (Phi) is 10.0. The number of ketones is 1. The predicted molar refractivity (Wildman–Crippen MR) is 203 cm³/mol. The number of fused-ring (bicyclic) bond motifs is 4. The number of carbonyl (C=O) groups excluding carboxylic acids is 1. The first-order valence-electron chi connectivity index (χ1n) is 18.9. The van der Waals surface area contributed by atoms with E-state index in [1.165, 1.54) is 11.1 Å². The smallest absolute Gasteiger partial charge is 0.336 e. The topological polar surface area (TPSA) is 46.5 Å². The Morgan fingerprint density at radius 2 is 1.53 bits per heavy atom. The van der Waals surface area contributed by atoms with Gasteiger partial charge in [-0.25, -0.2) is 0 Å². The van der Waals surface area contributed by atoms with E-state index in [-0.39, 0.29) is 51.6 Å². The number of allylic oxidation sites excluding steroid dienone is 4. The molecule has 0 aliphatic heterocycles. The summed E-state index contributed by atoms with van der Waals surface area (Å²) in [6.07, 6.45) is 5.66. The summed E-state index contributed by atoms with van der Waals surface area (Å²) in [5.74, 6) is -0.0929. The minimum Gasteiger partial charge on any atom is -0.544 e. The fraction of sp³-hybridized carbons (Fsp3) is 0.690. The quantitative estimate of drug-likeness (QED) is 0.227. The molecule has 2 fully saturated rings. The molecular formula is C42H62F2O3Si2. The van der Waals surface area contributed by atoms with Gasteiger partial charge in [-0.05, 0) is 126 Å².